The summed E-state index contributed by atoms with van der Waals surface area (Å²) in [5.41, 5.74) is -4.51. The Morgan fingerprint density at radius 1 is 1.36 bits per heavy atom. The van der Waals surface area contributed by atoms with Crippen molar-refractivity contribution < 1.29 is 27.3 Å². The molecule has 1 heterocycles. The van der Waals surface area contributed by atoms with Crippen LogP contribution in [-0.4, -0.2) is 44.9 Å². The Morgan fingerprint density at radius 3 is 2.55 bits per heavy atom. The normalized spacial score (nSPS) is 20.0. The van der Waals surface area contributed by atoms with Gasteiger partial charge in [-0.3, -0.25) is 0 Å². The van der Waals surface area contributed by atoms with Gasteiger partial charge in [0.25, 0.3) is 0 Å². The number of alkyl halides is 3. The molecular formula is C13H15F3N2O3S. The number of carbonyl (C=O) groups is 1. The van der Waals surface area contributed by atoms with Crippen LogP contribution in [0, 0.1) is 0 Å². The maximum absolute atomic E-state index is 12.3. The number of nitrogens with zero attached hydrogens (tertiary/aromatic N) is 1. The first-order valence-corrected chi connectivity index (χ1v) is 7.75. The first kappa shape index (κ1) is 16.8. The molecule has 1 aromatic rings. The van der Waals surface area contributed by atoms with Crippen LogP contribution in [0.3, 0.4) is 0 Å². The van der Waals surface area contributed by atoms with E-state index < -0.39 is 22.3 Å². The topological polar surface area (TPSA) is 69.6 Å². The van der Waals surface area contributed by atoms with E-state index in [1.807, 2.05) is 0 Å². The highest BCUT2D eigenvalue weighted by Crippen LogP contribution is 2.27. The molecule has 0 spiro atoms. The Morgan fingerprint density at radius 2 is 2.00 bits per heavy atom. The molecule has 1 unspecified atom stereocenters. The lowest BCUT2D eigenvalue weighted by atomic mass is 10.2. The second kappa shape index (κ2) is 6.66. The van der Waals surface area contributed by atoms with Crippen LogP contribution in [0.25, 0.3) is 0 Å². The lowest BCUT2D eigenvalue weighted by Gasteiger charge is -2.23. The summed E-state index contributed by atoms with van der Waals surface area (Å²) in [6.45, 7) is 0.393. The van der Waals surface area contributed by atoms with Gasteiger partial charge in [0.15, 0.2) is 10.8 Å². The zero-order valence-corrected chi connectivity index (χ0v) is 12.3. The average Bonchev–Trinajstić information content (AvgIpc) is 2.95. The number of urea groups is 1. The van der Waals surface area contributed by atoms with Crippen LogP contribution in [0.2, 0.25) is 0 Å². The summed E-state index contributed by atoms with van der Waals surface area (Å²) in [7, 11) is -3.09. The van der Waals surface area contributed by atoms with E-state index >= 15 is 0 Å². The van der Waals surface area contributed by atoms with E-state index in [-0.39, 0.29) is 17.5 Å². The van der Waals surface area contributed by atoms with Gasteiger partial charge in [0, 0.05) is 17.1 Å². The van der Waals surface area contributed by atoms with E-state index in [2.05, 4.69) is 5.32 Å². The first-order chi connectivity index (χ1) is 10.3. The number of benzene rings is 1. The van der Waals surface area contributed by atoms with E-state index in [1.165, 1.54) is 17.0 Å². The molecule has 0 bridgehead atoms. The molecule has 122 valence electrons. The van der Waals surface area contributed by atoms with Gasteiger partial charge in [-0.2, -0.15) is 13.2 Å². The van der Waals surface area contributed by atoms with Crippen molar-refractivity contribution in [1.29, 1.82) is 0 Å². The van der Waals surface area contributed by atoms with Crippen molar-refractivity contribution >= 4 is 22.5 Å². The highest BCUT2D eigenvalue weighted by atomic mass is 32.2. The number of halogens is 3. The van der Waals surface area contributed by atoms with Gasteiger partial charge < -0.3 is 15.3 Å². The summed E-state index contributed by atoms with van der Waals surface area (Å²) in [6.07, 6.45) is 1.51. The highest BCUT2D eigenvalue weighted by molar-refractivity contribution is 7.86. The minimum atomic E-state index is -4.81. The number of amides is 2. The molecule has 2 atom stereocenters. The van der Waals surface area contributed by atoms with E-state index in [4.69, 9.17) is 5.11 Å². The molecule has 0 radical (unpaired) electrons. The Hall–Kier alpha value is -1.61. The fourth-order valence-electron chi connectivity index (χ4n) is 2.28. The van der Waals surface area contributed by atoms with Crippen LogP contribution < -0.4 is 5.32 Å². The third-order valence-electron chi connectivity index (χ3n) is 3.38. The molecular weight excluding hydrogens is 321 g/mol. The zero-order chi connectivity index (χ0) is 16.3. The Labute approximate surface area is 127 Å². The molecule has 2 amide bonds. The predicted octanol–water partition coefficient (Wildman–Crippen LogP) is 2.30. The number of carbonyl (C=O) groups excluding carboxylic acids is 1. The van der Waals surface area contributed by atoms with Gasteiger partial charge in [-0.15, -0.1) is 0 Å². The summed E-state index contributed by atoms with van der Waals surface area (Å²) < 4.78 is 48.1. The number of rotatable bonds is 3. The standard InChI is InChI=1S/C13H15F3N2O3S/c14-13(15,16)22(21)11-5-3-9(4-6-11)17-12(20)18-7-1-2-10(18)8-19/h3-6,10,19H,1-2,7-8H2,(H,17,20)/t10-,22?/m1/s1. The molecule has 1 aromatic carbocycles. The van der Waals surface area contributed by atoms with Crippen molar-refractivity contribution in [3.8, 4) is 0 Å². The van der Waals surface area contributed by atoms with Crippen LogP contribution in [0.15, 0.2) is 29.2 Å². The van der Waals surface area contributed by atoms with Gasteiger partial charge in [0.2, 0.25) is 0 Å². The van der Waals surface area contributed by atoms with Crippen molar-refractivity contribution in [3.05, 3.63) is 24.3 Å². The zero-order valence-electron chi connectivity index (χ0n) is 11.5. The molecule has 9 heteroatoms. The van der Waals surface area contributed by atoms with Gasteiger partial charge in [-0.05, 0) is 37.1 Å². The summed E-state index contributed by atoms with van der Waals surface area (Å²) in [6, 6.07) is 4.00. The van der Waals surface area contributed by atoms with Crippen molar-refractivity contribution in [1.82, 2.24) is 4.90 Å². The van der Waals surface area contributed by atoms with Crippen molar-refractivity contribution in [2.75, 3.05) is 18.5 Å². The molecule has 1 aliphatic rings. The van der Waals surface area contributed by atoms with E-state index in [9.17, 15) is 22.2 Å². The second-order valence-electron chi connectivity index (χ2n) is 4.84. The van der Waals surface area contributed by atoms with Crippen molar-refractivity contribution in [2.45, 2.75) is 29.3 Å². The number of anilines is 1. The second-order valence-corrected chi connectivity index (χ2v) is 6.31. The molecule has 2 rings (SSSR count). The fraction of sp³-hybridized carbons (Fsp3) is 0.462. The van der Waals surface area contributed by atoms with Gasteiger partial charge in [-0.1, -0.05) is 0 Å². The molecule has 1 saturated heterocycles. The summed E-state index contributed by atoms with van der Waals surface area (Å²) in [5.74, 6) is 0. The smallest absolute Gasteiger partial charge is 0.394 e. The van der Waals surface area contributed by atoms with Crippen LogP contribution in [0.4, 0.5) is 23.7 Å². The largest absolute Gasteiger partial charge is 0.475 e. The molecule has 1 fully saturated rings. The Kier molecular flexibility index (Phi) is 5.07. The van der Waals surface area contributed by atoms with E-state index in [1.54, 1.807) is 0 Å². The third-order valence-corrected chi connectivity index (χ3v) is 4.50. The summed E-state index contributed by atoms with van der Waals surface area (Å²) >= 11 is 0. The van der Waals surface area contributed by atoms with E-state index in [0.29, 0.717) is 18.7 Å². The van der Waals surface area contributed by atoms with Crippen molar-refractivity contribution in [2.24, 2.45) is 0 Å². The minimum Gasteiger partial charge on any atom is -0.394 e. The van der Waals surface area contributed by atoms with Crippen LogP contribution in [-0.2, 0) is 10.8 Å². The van der Waals surface area contributed by atoms with Crippen LogP contribution >= 0.6 is 0 Å². The minimum absolute atomic E-state index is 0.128. The molecule has 0 aromatic heterocycles. The van der Waals surface area contributed by atoms with Gasteiger partial charge in [0.1, 0.15) is 0 Å². The summed E-state index contributed by atoms with van der Waals surface area (Å²) in [5, 5.41) is 11.7. The number of nitrogens with one attached hydrogen (secondary N) is 1. The monoisotopic (exact) mass is 336 g/mol. The molecule has 0 aliphatic carbocycles. The lowest BCUT2D eigenvalue weighted by molar-refractivity contribution is -0.0384. The highest BCUT2D eigenvalue weighted by Gasteiger charge is 2.37. The maximum Gasteiger partial charge on any atom is 0.475 e. The molecule has 0 saturated carbocycles. The summed E-state index contributed by atoms with van der Waals surface area (Å²) in [4.78, 5) is 13.1. The van der Waals surface area contributed by atoms with Gasteiger partial charge in [0.05, 0.1) is 12.6 Å². The fourth-order valence-corrected chi connectivity index (χ4v) is 2.93. The van der Waals surface area contributed by atoms with E-state index in [0.717, 1.165) is 18.6 Å². The number of aliphatic hydroxyl groups is 1. The average molecular weight is 336 g/mol. The molecule has 1 aliphatic heterocycles. The molecule has 22 heavy (non-hydrogen) atoms. The van der Waals surface area contributed by atoms with Crippen LogP contribution in [0.1, 0.15) is 12.8 Å². The Balaban J connectivity index is 2.02. The quantitative estimate of drug-likeness (QED) is 0.890. The number of hydrogen-bond donors (Lipinski definition) is 2. The number of aliphatic hydroxyl groups excluding tert-OH is 1. The molecule has 5 nitrogen and oxygen atoms in total. The third kappa shape index (κ3) is 3.77. The SMILES string of the molecule is O=C(Nc1ccc(S(=O)C(F)(F)F)cc1)N1CCC[C@@H]1CO. The maximum atomic E-state index is 12.3. The van der Waals surface area contributed by atoms with Gasteiger partial charge >= 0.3 is 11.5 Å². The lowest BCUT2D eigenvalue weighted by Crippen LogP contribution is -2.40. The molecule has 2 N–H and O–H groups in total. The first-order valence-electron chi connectivity index (χ1n) is 6.60. The number of hydrogen-bond acceptors (Lipinski definition) is 3. The van der Waals surface area contributed by atoms with Gasteiger partial charge in [-0.25, -0.2) is 9.00 Å². The Bertz CT molecular complexity index is 563. The van der Waals surface area contributed by atoms with Crippen molar-refractivity contribution in [3.63, 3.8) is 0 Å². The van der Waals surface area contributed by atoms with Crippen LogP contribution in [0.5, 0.6) is 0 Å². The predicted molar refractivity (Wildman–Crippen MR) is 74.7 cm³/mol. The number of likely N-dealkylation sites (tertiary alicyclic amines) is 1.